The number of rotatable bonds is 6. The second kappa shape index (κ2) is 8.26. The van der Waals surface area contributed by atoms with Gasteiger partial charge >= 0.3 is 16.5 Å². The first kappa shape index (κ1) is 21.0. The maximum absolute atomic E-state index is 14.2. The Hall–Kier alpha value is -3.83. The van der Waals surface area contributed by atoms with Crippen LogP contribution < -0.4 is 4.90 Å². The summed E-state index contributed by atoms with van der Waals surface area (Å²) in [6.07, 6.45) is 0. The minimum Gasteiger partial charge on any atom is -0.661 e. The number of amides is 1. The Kier molecular flexibility index (Phi) is 5.27. The molecule has 0 spiro atoms. The number of anilines is 1. The van der Waals surface area contributed by atoms with Crippen LogP contribution in [0.15, 0.2) is 115 Å². The molecule has 0 aliphatic carbocycles. The van der Waals surface area contributed by atoms with Gasteiger partial charge < -0.3 is 5.32 Å². The molecule has 1 fully saturated rings. The van der Waals surface area contributed by atoms with Gasteiger partial charge in [0.2, 0.25) is 5.91 Å². The minimum absolute atomic E-state index is 0.228. The molecule has 1 heterocycles. The molecule has 5 rings (SSSR count). The van der Waals surface area contributed by atoms with Crippen LogP contribution in [-0.4, -0.2) is 5.91 Å². The van der Waals surface area contributed by atoms with E-state index >= 15 is 0 Å². The fourth-order valence-corrected chi connectivity index (χ4v) is 5.45. The van der Waals surface area contributed by atoms with Crippen molar-refractivity contribution in [3.05, 3.63) is 137 Å². The number of para-hydroxylation sites is 1. The maximum atomic E-state index is 14.2. The second-order valence-electron chi connectivity index (χ2n) is 8.09. The molecule has 1 saturated heterocycles. The number of nitrogens with zero attached hydrogens (tertiary/aromatic N) is 2. The topological polar surface area (TPSA) is 51.5 Å². The highest BCUT2D eigenvalue weighted by atomic mass is 32.1. The predicted octanol–water partition coefficient (Wildman–Crippen LogP) is 6.22. The van der Waals surface area contributed by atoms with Crippen LogP contribution in [0.3, 0.4) is 0 Å². The highest BCUT2D eigenvalue weighted by Crippen LogP contribution is 2.62. The lowest BCUT2D eigenvalue weighted by Gasteiger charge is -2.62. The molecule has 0 bridgehead atoms. The van der Waals surface area contributed by atoms with Crippen LogP contribution in [0.4, 0.5) is 11.4 Å². The monoisotopic (exact) mass is 450 g/mol. The summed E-state index contributed by atoms with van der Waals surface area (Å²) in [6.45, 7) is 1.99. The van der Waals surface area contributed by atoms with E-state index in [1.807, 2.05) is 122 Å². The van der Waals surface area contributed by atoms with Gasteiger partial charge in [-0.2, -0.15) is 0 Å². The first-order valence-corrected chi connectivity index (χ1v) is 11.5. The van der Waals surface area contributed by atoms with Crippen molar-refractivity contribution in [1.82, 2.24) is 0 Å². The molecular weight excluding hydrogens is 428 g/mol. The summed E-state index contributed by atoms with van der Waals surface area (Å²) >= 11 is 0.405. The first-order valence-electron chi connectivity index (χ1n) is 10.7. The Morgan fingerprint density at radius 1 is 0.697 bits per heavy atom. The van der Waals surface area contributed by atoms with Crippen molar-refractivity contribution in [2.75, 3.05) is 4.90 Å². The van der Waals surface area contributed by atoms with Gasteiger partial charge in [-0.15, -0.1) is 5.69 Å². The fraction of sp³-hybridized carbons (Fsp3) is 0.107. The number of benzene rings is 4. The quantitative estimate of drug-likeness (QED) is 0.258. The molecule has 5 heteroatoms. The second-order valence-corrected chi connectivity index (χ2v) is 8.85. The van der Waals surface area contributed by atoms with Gasteiger partial charge in [-0.25, -0.2) is 4.90 Å². The molecule has 2 atom stereocenters. The van der Waals surface area contributed by atoms with Crippen molar-refractivity contribution in [2.24, 2.45) is 0 Å². The molecule has 0 unspecified atom stereocenters. The van der Waals surface area contributed by atoms with Crippen LogP contribution >= 0.6 is 0 Å². The Morgan fingerprint density at radius 3 is 1.76 bits per heavy atom. The smallest absolute Gasteiger partial charge is 0.495 e. The van der Waals surface area contributed by atoms with Gasteiger partial charge in [-0.3, -0.25) is 4.79 Å². The summed E-state index contributed by atoms with van der Waals surface area (Å²) in [7, 11) is 0. The summed E-state index contributed by atoms with van der Waals surface area (Å²) in [5.74, 6) is -0.228. The van der Waals surface area contributed by atoms with Gasteiger partial charge in [0.05, 0.1) is 5.54 Å². The van der Waals surface area contributed by atoms with Gasteiger partial charge in [0, 0.05) is 15.5 Å². The van der Waals surface area contributed by atoms with Gasteiger partial charge in [0.1, 0.15) is 0 Å². The number of carbonyl (C=O) groups is 1. The Morgan fingerprint density at radius 2 is 1.21 bits per heavy atom. The third-order valence-electron chi connectivity index (χ3n) is 6.14. The zero-order chi connectivity index (χ0) is 22.9. The number of β-lactam (4-membered cyclic amide) rings is 1. The van der Waals surface area contributed by atoms with E-state index < -0.39 is 10.4 Å². The Labute approximate surface area is 197 Å². The molecule has 1 amide bonds. The average Bonchev–Trinajstić information content (AvgIpc) is 2.88. The largest absolute Gasteiger partial charge is 0.661 e. The van der Waals surface area contributed by atoms with Crippen LogP contribution in [0.5, 0.6) is 0 Å². The number of hydrogen-bond acceptors (Lipinski definition) is 2. The Balaban J connectivity index is 1.80. The molecular formula is C28H22N2O2S. The van der Waals surface area contributed by atoms with Crippen LogP contribution in [0.2, 0.25) is 0 Å². The molecule has 0 N–H and O–H groups in total. The highest BCUT2D eigenvalue weighted by Gasteiger charge is 2.78. The van der Waals surface area contributed by atoms with Crippen LogP contribution in [0.1, 0.15) is 16.7 Å². The van der Waals surface area contributed by atoms with E-state index in [-0.39, 0.29) is 5.91 Å². The van der Waals surface area contributed by atoms with Gasteiger partial charge in [-0.1, -0.05) is 109 Å². The fourth-order valence-electron chi connectivity index (χ4n) is 4.58. The highest BCUT2D eigenvalue weighted by molar-refractivity contribution is 7.67. The standard InChI is InChI=1S/C28H22N2O2S/c1-21-17-19-25(20-18-21)30-26(31)27(22-11-5-2-6-12-22,29-24-15-9-4-10-16-24)28(30,33-32)23-13-7-3-8-14-23/h2-20H,1H3/t27-,28-/m0/s1. The van der Waals surface area contributed by atoms with Crippen LogP contribution in [0, 0.1) is 6.92 Å². The minimum atomic E-state index is -1.42. The zero-order valence-corrected chi connectivity index (χ0v) is 18.9. The van der Waals surface area contributed by atoms with Crippen molar-refractivity contribution in [3.8, 4) is 0 Å². The molecule has 1 aliphatic rings. The van der Waals surface area contributed by atoms with E-state index in [0.29, 0.717) is 28.6 Å². The predicted molar refractivity (Wildman–Crippen MR) is 132 cm³/mol. The normalized spacial score (nSPS) is 21.8. The summed E-state index contributed by atoms with van der Waals surface area (Å²) in [4.78, 5) is 14.5. The van der Waals surface area contributed by atoms with E-state index in [0.717, 1.165) is 11.1 Å². The molecule has 1 aliphatic heterocycles. The lowest BCUT2D eigenvalue weighted by molar-refractivity contribution is -0.132. The molecule has 4 aromatic rings. The molecule has 162 valence electrons. The van der Waals surface area contributed by atoms with Crippen molar-refractivity contribution >= 4 is 28.9 Å². The summed E-state index contributed by atoms with van der Waals surface area (Å²) in [5, 5.41) is 5.03. The third kappa shape index (κ3) is 3.08. The third-order valence-corrected chi connectivity index (χ3v) is 7.10. The first-order chi connectivity index (χ1) is 16.1. The molecule has 4 aromatic carbocycles. The Bertz CT molecular complexity index is 1280. The zero-order valence-electron chi connectivity index (χ0n) is 18.1. The molecule has 0 saturated carbocycles. The van der Waals surface area contributed by atoms with Gasteiger partial charge in [0.25, 0.3) is 0 Å². The lowest BCUT2D eigenvalue weighted by Crippen LogP contribution is -2.78. The average molecular weight is 451 g/mol. The van der Waals surface area contributed by atoms with Gasteiger partial charge in [-0.05, 0) is 24.6 Å². The van der Waals surface area contributed by atoms with E-state index in [1.165, 1.54) is 0 Å². The van der Waals surface area contributed by atoms with Gasteiger partial charge in [0.15, 0.2) is 0 Å². The van der Waals surface area contributed by atoms with E-state index in [4.69, 9.17) is 5.32 Å². The van der Waals surface area contributed by atoms with Crippen molar-refractivity contribution < 1.29 is 9.00 Å². The molecule has 4 nitrogen and oxygen atoms in total. The number of aryl methyl sites for hydroxylation is 1. The van der Waals surface area contributed by atoms with E-state index in [9.17, 15) is 9.00 Å². The maximum Gasteiger partial charge on any atom is 0.495 e. The summed E-state index contributed by atoms with van der Waals surface area (Å²) in [5.41, 5.74) is 2.40. The van der Waals surface area contributed by atoms with Crippen molar-refractivity contribution in [3.63, 3.8) is 0 Å². The number of carbonyl (C=O) groups excluding carboxylic acids is 1. The molecule has 0 aromatic heterocycles. The summed E-state index contributed by atoms with van der Waals surface area (Å²) in [6, 6.07) is 36.0. The molecule has 33 heavy (non-hydrogen) atoms. The number of hydrogen-bond donors (Lipinski definition) is 0. The van der Waals surface area contributed by atoms with Crippen LogP contribution in [-0.2, 0) is 31.1 Å². The van der Waals surface area contributed by atoms with E-state index in [2.05, 4.69) is 0 Å². The van der Waals surface area contributed by atoms with Crippen molar-refractivity contribution in [2.45, 2.75) is 17.3 Å². The van der Waals surface area contributed by atoms with Crippen LogP contribution in [0.25, 0.3) is 5.32 Å². The van der Waals surface area contributed by atoms with E-state index in [1.54, 1.807) is 4.90 Å². The molecule has 0 radical (unpaired) electrons. The SMILES string of the molecule is Cc1ccc(N2C(=O)[C@@]([N-]c3ccccc3)(c3ccccc3)[C@@]2([S+]=O)c2ccccc2)cc1. The van der Waals surface area contributed by atoms with Crippen molar-refractivity contribution in [1.29, 1.82) is 0 Å². The summed E-state index contributed by atoms with van der Waals surface area (Å²) < 4.78 is 13.3. The lowest BCUT2D eigenvalue weighted by atomic mass is 9.69.